The van der Waals surface area contributed by atoms with Gasteiger partial charge in [-0.1, -0.05) is 32.3 Å². The topological polar surface area (TPSA) is 125 Å². The predicted octanol–water partition coefficient (Wildman–Crippen LogP) is 7.56. The van der Waals surface area contributed by atoms with Gasteiger partial charge in [0.25, 0.3) is 11.8 Å². The number of morpholine rings is 1. The fourth-order valence-electron chi connectivity index (χ4n) is 8.66. The summed E-state index contributed by atoms with van der Waals surface area (Å²) in [6.07, 6.45) is 12.3. The number of carbonyl (C=O) groups is 2. The summed E-state index contributed by atoms with van der Waals surface area (Å²) in [5.74, 6) is 0.350. The van der Waals surface area contributed by atoms with Crippen LogP contribution in [0.2, 0.25) is 0 Å². The van der Waals surface area contributed by atoms with Gasteiger partial charge >= 0.3 is 0 Å². The highest BCUT2D eigenvalue weighted by atomic mass is 32.2. The first-order valence-electron chi connectivity index (χ1n) is 19.6. The number of hydrogen-bond donors (Lipinski definition) is 1. The van der Waals surface area contributed by atoms with Gasteiger partial charge in [-0.15, -0.1) is 0 Å². The number of imidazole rings is 1. The van der Waals surface area contributed by atoms with Crippen molar-refractivity contribution in [3.63, 3.8) is 0 Å². The van der Waals surface area contributed by atoms with Gasteiger partial charge in [-0.05, 0) is 106 Å². The zero-order valence-corrected chi connectivity index (χ0v) is 32.7. The van der Waals surface area contributed by atoms with E-state index in [1.165, 1.54) is 12.0 Å². The number of allylic oxidation sites excluding steroid dienone is 1. The largest absolute Gasteiger partial charge is 0.497 e. The number of benzene rings is 2. The summed E-state index contributed by atoms with van der Waals surface area (Å²) in [6, 6.07) is 11.9. The molecule has 1 N–H and O–H groups in total. The quantitative estimate of drug-likeness (QED) is 0.187. The standard InChI is InChI=1S/C42H51N5O6S/c1-6-32-23-45(21-26(4)53-32)42(49)40-38(43-24-47(40)31-13-14-31)30-18-29-19-33(52-5)15-17-34(29)39-37(27-10-8-7-9-11-27)35-16-12-28(20-36(35)46(39)22-30)41(48)44-54(50,51)25(2)3/h12,15-20,24-27,31-32H,6-11,13-14,21-23H2,1-5H3,(H,44,48)/t26-,32+/m1/s1. The van der Waals surface area contributed by atoms with Crippen LogP contribution in [0.25, 0.3) is 33.8 Å². The average Bonchev–Trinajstić information content (AvgIpc) is 3.88. The third-order valence-electron chi connectivity index (χ3n) is 11.7. The van der Waals surface area contributed by atoms with E-state index in [0.29, 0.717) is 36.9 Å². The maximum Gasteiger partial charge on any atom is 0.272 e. The lowest BCUT2D eigenvalue weighted by Crippen LogP contribution is -2.49. The number of nitrogens with one attached hydrogen (secondary N) is 1. The van der Waals surface area contributed by atoms with Crippen LogP contribution in [0.1, 0.15) is 129 Å². The van der Waals surface area contributed by atoms with Crippen molar-refractivity contribution in [2.75, 3.05) is 20.2 Å². The average molecular weight is 754 g/mol. The molecule has 1 saturated heterocycles. The molecule has 0 spiro atoms. The van der Waals surface area contributed by atoms with Gasteiger partial charge in [0.2, 0.25) is 10.0 Å². The number of sulfonamides is 1. The maximum atomic E-state index is 14.7. The molecule has 12 heteroatoms. The minimum absolute atomic E-state index is 0.0242. The normalized spacial score (nSPS) is 20.7. The van der Waals surface area contributed by atoms with Crippen LogP contribution in [0.15, 0.2) is 42.7 Å². The van der Waals surface area contributed by atoms with Crippen molar-refractivity contribution in [2.24, 2.45) is 0 Å². The van der Waals surface area contributed by atoms with Crippen molar-refractivity contribution in [2.45, 2.75) is 115 Å². The number of carbonyl (C=O) groups excluding carboxylic acids is 2. The van der Waals surface area contributed by atoms with Crippen LogP contribution in [-0.2, 0) is 21.3 Å². The summed E-state index contributed by atoms with van der Waals surface area (Å²) >= 11 is 0. The van der Waals surface area contributed by atoms with Gasteiger partial charge in [0.1, 0.15) is 11.4 Å². The second-order valence-electron chi connectivity index (χ2n) is 15.8. The lowest BCUT2D eigenvalue weighted by Gasteiger charge is -2.36. The van der Waals surface area contributed by atoms with Crippen LogP contribution in [0.3, 0.4) is 0 Å². The Labute approximate surface area is 317 Å². The fraction of sp³-hybridized carbons (Fsp3) is 0.500. The number of methoxy groups -OCH3 is 1. The number of fused-ring (bicyclic) bond motifs is 5. The molecular formula is C42H51N5O6S. The van der Waals surface area contributed by atoms with Crippen LogP contribution in [0.5, 0.6) is 5.75 Å². The summed E-state index contributed by atoms with van der Waals surface area (Å²) in [4.78, 5) is 35.2. The van der Waals surface area contributed by atoms with Gasteiger partial charge in [-0.25, -0.2) is 18.1 Å². The molecule has 3 fully saturated rings. The summed E-state index contributed by atoms with van der Waals surface area (Å²) in [5.41, 5.74) is 7.58. The van der Waals surface area contributed by atoms with Gasteiger partial charge < -0.3 is 23.5 Å². The number of amides is 2. The van der Waals surface area contributed by atoms with E-state index in [1.54, 1.807) is 27.0 Å². The minimum atomic E-state index is -3.84. The number of hydrogen-bond acceptors (Lipinski definition) is 7. The van der Waals surface area contributed by atoms with Crippen LogP contribution < -0.4 is 9.46 Å². The Hall–Kier alpha value is -4.42. The van der Waals surface area contributed by atoms with Crippen LogP contribution in [0.4, 0.5) is 0 Å². The summed E-state index contributed by atoms with van der Waals surface area (Å²) in [5, 5.41) is 0.297. The monoisotopic (exact) mass is 753 g/mol. The lowest BCUT2D eigenvalue weighted by atomic mass is 9.81. The van der Waals surface area contributed by atoms with E-state index in [0.717, 1.165) is 84.0 Å². The molecule has 2 amide bonds. The van der Waals surface area contributed by atoms with E-state index in [2.05, 4.69) is 39.0 Å². The molecule has 54 heavy (non-hydrogen) atoms. The van der Waals surface area contributed by atoms with Crippen molar-refractivity contribution >= 4 is 44.4 Å². The van der Waals surface area contributed by atoms with E-state index in [1.807, 2.05) is 36.4 Å². The first kappa shape index (κ1) is 36.6. The molecule has 0 unspecified atom stereocenters. The van der Waals surface area contributed by atoms with E-state index in [9.17, 15) is 18.0 Å². The molecule has 11 nitrogen and oxygen atoms in total. The van der Waals surface area contributed by atoms with Gasteiger partial charge in [0.15, 0.2) is 0 Å². The molecule has 2 aliphatic carbocycles. The van der Waals surface area contributed by atoms with Gasteiger partial charge in [-0.3, -0.25) is 9.59 Å². The molecule has 2 aromatic heterocycles. The molecule has 0 radical (unpaired) electrons. The molecule has 0 bridgehead atoms. The molecule has 8 rings (SSSR count). The Kier molecular flexibility index (Phi) is 9.71. The number of rotatable bonds is 9. The third kappa shape index (κ3) is 6.65. The van der Waals surface area contributed by atoms with Crippen molar-refractivity contribution in [1.29, 1.82) is 0 Å². The molecule has 2 aromatic carbocycles. The number of nitrogens with zero attached hydrogens (tertiary/aromatic N) is 4. The highest BCUT2D eigenvalue weighted by molar-refractivity contribution is 7.90. The van der Waals surface area contributed by atoms with Crippen LogP contribution in [-0.4, -0.2) is 76.9 Å². The third-order valence-corrected chi connectivity index (χ3v) is 13.4. The van der Waals surface area contributed by atoms with E-state index >= 15 is 0 Å². The Morgan fingerprint density at radius 2 is 1.81 bits per heavy atom. The van der Waals surface area contributed by atoms with Crippen molar-refractivity contribution in [3.8, 4) is 17.0 Å². The van der Waals surface area contributed by atoms with Crippen molar-refractivity contribution in [3.05, 3.63) is 70.8 Å². The molecule has 4 aromatic rings. The maximum absolute atomic E-state index is 14.7. The predicted molar refractivity (Wildman–Crippen MR) is 210 cm³/mol. The van der Waals surface area contributed by atoms with Crippen molar-refractivity contribution in [1.82, 2.24) is 23.7 Å². The lowest BCUT2D eigenvalue weighted by molar-refractivity contribution is -0.0683. The van der Waals surface area contributed by atoms with Crippen molar-refractivity contribution < 1.29 is 27.5 Å². The highest BCUT2D eigenvalue weighted by Gasteiger charge is 2.37. The zero-order chi connectivity index (χ0) is 37.9. The Bertz CT molecular complexity index is 2260. The second-order valence-corrected chi connectivity index (χ2v) is 18.1. The summed E-state index contributed by atoms with van der Waals surface area (Å²) in [7, 11) is -2.17. The summed E-state index contributed by atoms with van der Waals surface area (Å²) < 4.78 is 44.0. The Morgan fingerprint density at radius 1 is 1.04 bits per heavy atom. The minimum Gasteiger partial charge on any atom is -0.497 e. The number of ether oxygens (including phenoxy) is 2. The second kappa shape index (κ2) is 14.3. The smallest absolute Gasteiger partial charge is 0.272 e. The molecule has 286 valence electrons. The fourth-order valence-corrected chi connectivity index (χ4v) is 9.27. The SMILES string of the molecule is CC[C@H]1CN(C(=O)c2c(C3=Cc4cc(OC)ccc4-c4c(C5CCCCC5)c5ccc(C(=O)NS(=O)(=O)C(C)C)cc5n4C3)ncn2C2CC2)C[C@@H](C)O1. The van der Waals surface area contributed by atoms with Gasteiger partial charge in [-0.2, -0.15) is 0 Å². The molecule has 2 atom stereocenters. The number of aromatic nitrogens is 3. The molecule has 4 heterocycles. The van der Waals surface area contributed by atoms with Gasteiger partial charge in [0, 0.05) is 46.7 Å². The van der Waals surface area contributed by atoms with E-state index in [4.69, 9.17) is 14.5 Å². The van der Waals surface area contributed by atoms with Crippen LogP contribution in [0, 0.1) is 0 Å². The first-order chi connectivity index (χ1) is 26.0. The van der Waals surface area contributed by atoms with Crippen LogP contribution >= 0.6 is 0 Å². The molecule has 2 saturated carbocycles. The molecule has 2 aliphatic heterocycles. The van der Waals surface area contributed by atoms with E-state index < -0.39 is 21.2 Å². The van der Waals surface area contributed by atoms with E-state index in [-0.39, 0.29) is 29.7 Å². The molecular weight excluding hydrogens is 703 g/mol. The Balaban J connectivity index is 1.33. The van der Waals surface area contributed by atoms with Gasteiger partial charge in [0.05, 0.1) is 48.8 Å². The zero-order valence-electron chi connectivity index (χ0n) is 31.9. The highest BCUT2D eigenvalue weighted by Crippen LogP contribution is 2.48. The first-order valence-corrected chi connectivity index (χ1v) is 21.1. The summed E-state index contributed by atoms with van der Waals surface area (Å²) in [6.45, 7) is 8.65. The molecule has 4 aliphatic rings. The Morgan fingerprint density at radius 3 is 2.52 bits per heavy atom.